The lowest BCUT2D eigenvalue weighted by Crippen LogP contribution is -2.13. The average molecular weight is 190 g/mol. The molecule has 0 atom stereocenters. The van der Waals surface area contributed by atoms with Crippen molar-refractivity contribution in [2.75, 3.05) is 0 Å². The highest BCUT2D eigenvalue weighted by Crippen LogP contribution is 2.19. The molecule has 1 aliphatic carbocycles. The van der Waals surface area contributed by atoms with Gasteiger partial charge in [-0.3, -0.25) is 4.79 Å². The van der Waals surface area contributed by atoms with Gasteiger partial charge in [0.15, 0.2) is 0 Å². The lowest BCUT2D eigenvalue weighted by atomic mass is 9.90. The third-order valence-electron chi connectivity index (χ3n) is 2.43. The number of aryl methyl sites for hydroxylation is 1. The summed E-state index contributed by atoms with van der Waals surface area (Å²) in [5, 5.41) is 1.68. The van der Waals surface area contributed by atoms with Gasteiger partial charge in [-0.2, -0.15) is 0 Å². The second-order valence-electron chi connectivity index (χ2n) is 3.36. The van der Waals surface area contributed by atoms with E-state index in [-0.39, 0.29) is 0 Å². The van der Waals surface area contributed by atoms with Gasteiger partial charge in [-0.1, -0.05) is 30.4 Å². The van der Waals surface area contributed by atoms with Gasteiger partial charge in [0.25, 0.3) is 0 Å². The van der Waals surface area contributed by atoms with Crippen molar-refractivity contribution < 1.29 is 4.79 Å². The van der Waals surface area contributed by atoms with Gasteiger partial charge in [0.05, 0.1) is 0 Å². The van der Waals surface area contributed by atoms with Crippen LogP contribution in [0.4, 0.5) is 0 Å². The number of ketones is 1. The van der Waals surface area contributed by atoms with E-state index in [1.807, 2.05) is 12.1 Å². The van der Waals surface area contributed by atoms with Crippen molar-refractivity contribution >= 4 is 23.4 Å². The van der Waals surface area contributed by atoms with Gasteiger partial charge >= 0.3 is 0 Å². The topological polar surface area (TPSA) is 17.1 Å². The third kappa shape index (κ3) is 1.68. The van der Waals surface area contributed by atoms with E-state index in [1.165, 1.54) is 11.1 Å². The Balaban J connectivity index is 2.42. The van der Waals surface area contributed by atoms with Gasteiger partial charge < -0.3 is 0 Å². The van der Waals surface area contributed by atoms with Gasteiger partial charge in [0, 0.05) is 18.2 Å². The van der Waals surface area contributed by atoms with Gasteiger partial charge in [0.2, 0.25) is 0 Å². The molecule has 1 aromatic rings. The highest BCUT2D eigenvalue weighted by molar-refractivity contribution is 7.79. The first kappa shape index (κ1) is 8.57. The fourth-order valence-corrected chi connectivity index (χ4v) is 1.85. The minimum absolute atomic E-state index is 0.350. The maximum absolute atomic E-state index is 11.2. The predicted octanol–water partition coefficient (Wildman–Crippen LogP) is 2.09. The summed E-state index contributed by atoms with van der Waals surface area (Å²) in [6.07, 6.45) is 2.17. The van der Waals surface area contributed by atoms with Crippen molar-refractivity contribution in [3.8, 4) is 0 Å². The van der Waals surface area contributed by atoms with Gasteiger partial charge in [-0.15, -0.1) is 0 Å². The summed E-state index contributed by atoms with van der Waals surface area (Å²) in [4.78, 5) is 11.2. The van der Waals surface area contributed by atoms with Crippen molar-refractivity contribution in [1.29, 1.82) is 0 Å². The molecule has 13 heavy (non-hydrogen) atoms. The SMILES string of the molecule is O=C1CCc2cc(C=S)ccc2C1. The largest absolute Gasteiger partial charge is 0.299 e. The van der Waals surface area contributed by atoms with E-state index in [0.717, 1.165) is 12.0 Å². The Labute approximate surface area is 82.8 Å². The van der Waals surface area contributed by atoms with Crippen LogP contribution < -0.4 is 0 Å². The molecule has 0 N–H and O–H groups in total. The summed E-state index contributed by atoms with van der Waals surface area (Å²) in [6.45, 7) is 0. The molecule has 0 heterocycles. The summed E-state index contributed by atoms with van der Waals surface area (Å²) >= 11 is 4.85. The van der Waals surface area contributed by atoms with Gasteiger partial charge in [-0.05, 0) is 23.1 Å². The number of hydrogen-bond acceptors (Lipinski definition) is 2. The molecule has 0 spiro atoms. The molecule has 0 aromatic heterocycles. The minimum Gasteiger partial charge on any atom is -0.299 e. The maximum Gasteiger partial charge on any atom is 0.137 e. The first-order chi connectivity index (χ1) is 6.29. The van der Waals surface area contributed by atoms with Crippen LogP contribution in [0.25, 0.3) is 0 Å². The number of thiocarbonyl (C=S) groups is 1. The molecule has 1 aromatic carbocycles. The van der Waals surface area contributed by atoms with E-state index in [1.54, 1.807) is 5.37 Å². The Morgan fingerprint density at radius 3 is 2.85 bits per heavy atom. The Kier molecular flexibility index (Phi) is 2.23. The molecule has 2 heteroatoms. The first-order valence-electron chi connectivity index (χ1n) is 4.38. The Bertz CT molecular complexity index is 368. The zero-order chi connectivity index (χ0) is 9.26. The quantitative estimate of drug-likeness (QED) is 0.631. The fraction of sp³-hybridized carbons (Fsp3) is 0.273. The average Bonchev–Trinajstić information content (AvgIpc) is 2.17. The van der Waals surface area contributed by atoms with Gasteiger partial charge in [-0.25, -0.2) is 0 Å². The summed E-state index contributed by atoms with van der Waals surface area (Å²) in [7, 11) is 0. The molecule has 0 fully saturated rings. The fourth-order valence-electron chi connectivity index (χ4n) is 1.70. The number of carbonyl (C=O) groups excluding carboxylic acids is 1. The van der Waals surface area contributed by atoms with Crippen molar-refractivity contribution in [2.24, 2.45) is 0 Å². The van der Waals surface area contributed by atoms with E-state index < -0.39 is 0 Å². The summed E-state index contributed by atoms with van der Waals surface area (Å²) < 4.78 is 0. The van der Waals surface area contributed by atoms with Gasteiger partial charge in [0.1, 0.15) is 5.78 Å². The molecule has 0 saturated carbocycles. The number of carbonyl (C=O) groups is 1. The minimum atomic E-state index is 0.350. The molecule has 0 bridgehead atoms. The highest BCUT2D eigenvalue weighted by atomic mass is 32.1. The lowest BCUT2D eigenvalue weighted by Gasteiger charge is -2.14. The maximum atomic E-state index is 11.2. The Hall–Kier alpha value is -1.02. The number of benzene rings is 1. The Morgan fingerprint density at radius 2 is 2.08 bits per heavy atom. The molecule has 2 rings (SSSR count). The molecule has 0 saturated heterocycles. The number of fused-ring (bicyclic) bond motifs is 1. The molecule has 66 valence electrons. The number of hydrogen-bond donors (Lipinski definition) is 0. The molecule has 1 nitrogen and oxygen atoms in total. The van der Waals surface area contributed by atoms with E-state index in [9.17, 15) is 4.79 Å². The van der Waals surface area contributed by atoms with Crippen LogP contribution in [0.2, 0.25) is 0 Å². The van der Waals surface area contributed by atoms with Crippen LogP contribution in [-0.4, -0.2) is 11.2 Å². The lowest BCUT2D eigenvalue weighted by molar-refractivity contribution is -0.118. The van der Waals surface area contributed by atoms with Crippen LogP contribution in [0.1, 0.15) is 23.1 Å². The summed E-state index contributed by atoms with van der Waals surface area (Å²) in [5.41, 5.74) is 3.54. The van der Waals surface area contributed by atoms with E-state index >= 15 is 0 Å². The van der Waals surface area contributed by atoms with Crippen LogP contribution in [0.3, 0.4) is 0 Å². The summed E-state index contributed by atoms with van der Waals surface area (Å²) in [5.74, 6) is 0.350. The van der Waals surface area contributed by atoms with Crippen molar-refractivity contribution in [1.82, 2.24) is 0 Å². The standard InChI is InChI=1S/C11H10OS/c12-11-4-3-9-5-8(7-13)1-2-10(9)6-11/h1-2,5,7H,3-4,6H2. The van der Waals surface area contributed by atoms with Crippen molar-refractivity contribution in [2.45, 2.75) is 19.3 Å². The van der Waals surface area contributed by atoms with E-state index in [2.05, 4.69) is 6.07 Å². The number of Topliss-reactive ketones (excluding diaryl/α,β-unsaturated/α-hetero) is 1. The molecule has 0 amide bonds. The Morgan fingerprint density at radius 1 is 1.23 bits per heavy atom. The zero-order valence-electron chi connectivity index (χ0n) is 7.25. The number of rotatable bonds is 1. The third-order valence-corrected chi connectivity index (χ3v) is 2.70. The molecule has 0 radical (unpaired) electrons. The summed E-state index contributed by atoms with van der Waals surface area (Å²) in [6, 6.07) is 6.09. The molecule has 0 unspecified atom stereocenters. The van der Waals surface area contributed by atoms with Crippen LogP contribution >= 0.6 is 12.2 Å². The van der Waals surface area contributed by atoms with E-state index in [4.69, 9.17) is 12.2 Å². The molecule has 0 aliphatic heterocycles. The first-order valence-corrected chi connectivity index (χ1v) is 4.85. The van der Waals surface area contributed by atoms with Crippen LogP contribution in [0.15, 0.2) is 18.2 Å². The zero-order valence-corrected chi connectivity index (χ0v) is 8.06. The van der Waals surface area contributed by atoms with E-state index in [0.29, 0.717) is 18.6 Å². The van der Waals surface area contributed by atoms with Crippen LogP contribution in [0.5, 0.6) is 0 Å². The predicted molar refractivity (Wildman–Crippen MR) is 56.2 cm³/mol. The second-order valence-corrected chi connectivity index (χ2v) is 3.60. The smallest absolute Gasteiger partial charge is 0.137 e. The second kappa shape index (κ2) is 3.38. The highest BCUT2D eigenvalue weighted by Gasteiger charge is 2.14. The van der Waals surface area contributed by atoms with Crippen LogP contribution in [0, 0.1) is 0 Å². The molecular weight excluding hydrogens is 180 g/mol. The monoisotopic (exact) mass is 190 g/mol. The molecular formula is C11H10OS. The molecule has 1 aliphatic rings. The van der Waals surface area contributed by atoms with Crippen LogP contribution in [-0.2, 0) is 17.6 Å². The van der Waals surface area contributed by atoms with Crippen molar-refractivity contribution in [3.63, 3.8) is 0 Å². The van der Waals surface area contributed by atoms with Crippen molar-refractivity contribution in [3.05, 3.63) is 34.9 Å². The normalized spacial score (nSPS) is 15.2.